The zero-order chi connectivity index (χ0) is 15.7. The van der Waals surface area contributed by atoms with Crippen molar-refractivity contribution >= 4 is 11.6 Å². The number of hydrogen-bond donors (Lipinski definition) is 1. The van der Waals surface area contributed by atoms with Gasteiger partial charge in [0.05, 0.1) is 5.60 Å². The van der Waals surface area contributed by atoms with Crippen molar-refractivity contribution in [3.05, 3.63) is 34.9 Å². The van der Waals surface area contributed by atoms with Crippen LogP contribution in [0.4, 0.5) is 0 Å². The van der Waals surface area contributed by atoms with Gasteiger partial charge in [-0.2, -0.15) is 0 Å². The number of unbranched alkanes of at least 4 members (excludes halogenated alkanes) is 4. The molecule has 0 bridgehead atoms. The van der Waals surface area contributed by atoms with Crippen LogP contribution in [0.1, 0.15) is 83.6 Å². The summed E-state index contributed by atoms with van der Waals surface area (Å²) in [6.45, 7) is 6.40. The van der Waals surface area contributed by atoms with Crippen LogP contribution in [-0.4, -0.2) is 10.7 Å². The molecule has 1 N–H and O–H groups in total. The van der Waals surface area contributed by atoms with Crippen LogP contribution in [0.2, 0.25) is 5.02 Å². The lowest BCUT2D eigenvalue weighted by Crippen LogP contribution is -2.33. The van der Waals surface area contributed by atoms with E-state index in [1.807, 2.05) is 25.1 Å². The maximum atomic E-state index is 11.0. The van der Waals surface area contributed by atoms with Gasteiger partial charge in [-0.1, -0.05) is 76.1 Å². The van der Waals surface area contributed by atoms with Crippen LogP contribution in [0.25, 0.3) is 0 Å². The van der Waals surface area contributed by atoms with Crippen molar-refractivity contribution in [1.29, 1.82) is 0 Å². The monoisotopic (exact) mass is 310 g/mol. The first kappa shape index (κ1) is 18.5. The third-order valence-corrected chi connectivity index (χ3v) is 4.60. The number of rotatable bonds is 10. The van der Waals surface area contributed by atoms with Gasteiger partial charge in [0.2, 0.25) is 0 Å². The van der Waals surface area contributed by atoms with E-state index in [9.17, 15) is 5.11 Å². The normalized spacial score (nSPS) is 15.7. The smallest absolute Gasteiger partial charge is 0.0688 e. The number of hydrogen-bond acceptors (Lipinski definition) is 1. The van der Waals surface area contributed by atoms with Crippen molar-refractivity contribution in [1.82, 2.24) is 0 Å². The van der Waals surface area contributed by atoms with Crippen LogP contribution < -0.4 is 0 Å². The standard InChI is InChI=1S/C19H31ClO/c1-4-6-7-8-9-14-19(3,21)18(11-5-2)16-12-10-13-17(20)15-16/h10,12-13,15,18,21H,4-9,11,14H2,1-3H3. The highest BCUT2D eigenvalue weighted by atomic mass is 35.5. The molecule has 0 saturated heterocycles. The molecule has 0 amide bonds. The second kappa shape index (κ2) is 9.48. The van der Waals surface area contributed by atoms with Crippen molar-refractivity contribution in [3.8, 4) is 0 Å². The molecule has 0 aliphatic heterocycles. The molecule has 2 unspecified atom stereocenters. The predicted molar refractivity (Wildman–Crippen MR) is 93.1 cm³/mol. The van der Waals surface area contributed by atoms with Gasteiger partial charge in [0.1, 0.15) is 0 Å². The van der Waals surface area contributed by atoms with Gasteiger partial charge in [0.15, 0.2) is 0 Å². The van der Waals surface area contributed by atoms with E-state index in [0.29, 0.717) is 0 Å². The van der Waals surface area contributed by atoms with Gasteiger partial charge in [-0.25, -0.2) is 0 Å². The molecule has 0 radical (unpaired) electrons. The molecular formula is C19H31ClO. The first-order valence-electron chi connectivity index (χ1n) is 8.49. The molecule has 1 aromatic rings. The fourth-order valence-electron chi connectivity index (χ4n) is 3.11. The fraction of sp³-hybridized carbons (Fsp3) is 0.684. The van der Waals surface area contributed by atoms with Gasteiger partial charge in [0, 0.05) is 10.9 Å². The second-order valence-corrected chi connectivity index (χ2v) is 6.85. The molecule has 21 heavy (non-hydrogen) atoms. The molecule has 0 fully saturated rings. The van der Waals surface area contributed by atoms with Crippen molar-refractivity contribution in [2.24, 2.45) is 0 Å². The van der Waals surface area contributed by atoms with Crippen LogP contribution in [0.5, 0.6) is 0 Å². The van der Waals surface area contributed by atoms with Gasteiger partial charge < -0.3 is 5.11 Å². The summed E-state index contributed by atoms with van der Waals surface area (Å²) in [7, 11) is 0. The average molecular weight is 311 g/mol. The van der Waals surface area contributed by atoms with Crippen LogP contribution in [0, 0.1) is 0 Å². The number of benzene rings is 1. The lowest BCUT2D eigenvalue weighted by molar-refractivity contribution is 0.0162. The molecule has 2 heteroatoms. The Bertz CT molecular complexity index is 400. The van der Waals surface area contributed by atoms with E-state index in [0.717, 1.165) is 30.7 Å². The summed E-state index contributed by atoms with van der Waals surface area (Å²) in [5.41, 5.74) is 0.523. The maximum Gasteiger partial charge on any atom is 0.0688 e. The molecule has 120 valence electrons. The van der Waals surface area contributed by atoms with Gasteiger partial charge in [-0.05, 0) is 37.5 Å². The van der Waals surface area contributed by atoms with E-state index in [1.165, 1.54) is 31.2 Å². The SMILES string of the molecule is CCCCCCCC(C)(O)C(CCC)c1cccc(Cl)c1. The van der Waals surface area contributed by atoms with Crippen LogP contribution in [-0.2, 0) is 0 Å². The summed E-state index contributed by atoms with van der Waals surface area (Å²) >= 11 is 6.12. The Balaban J connectivity index is 2.68. The van der Waals surface area contributed by atoms with Crippen LogP contribution >= 0.6 is 11.6 Å². The highest BCUT2D eigenvalue weighted by molar-refractivity contribution is 6.30. The Kier molecular flexibility index (Phi) is 8.36. The quantitative estimate of drug-likeness (QED) is 0.500. The highest BCUT2D eigenvalue weighted by Gasteiger charge is 2.31. The molecule has 0 aliphatic carbocycles. The minimum absolute atomic E-state index is 0.173. The van der Waals surface area contributed by atoms with Gasteiger partial charge in [-0.15, -0.1) is 0 Å². The summed E-state index contributed by atoms with van der Waals surface area (Å²) in [5.74, 6) is 0.173. The molecule has 0 heterocycles. The van der Waals surface area contributed by atoms with E-state index in [-0.39, 0.29) is 5.92 Å². The maximum absolute atomic E-state index is 11.0. The summed E-state index contributed by atoms with van der Waals surface area (Å²) < 4.78 is 0. The highest BCUT2D eigenvalue weighted by Crippen LogP contribution is 2.37. The van der Waals surface area contributed by atoms with E-state index in [2.05, 4.69) is 19.9 Å². The van der Waals surface area contributed by atoms with Gasteiger partial charge in [-0.3, -0.25) is 0 Å². The third-order valence-electron chi connectivity index (χ3n) is 4.37. The third kappa shape index (κ3) is 6.40. The van der Waals surface area contributed by atoms with Crippen molar-refractivity contribution < 1.29 is 5.11 Å². The molecule has 0 aromatic heterocycles. The largest absolute Gasteiger partial charge is 0.390 e. The Morgan fingerprint density at radius 2 is 1.81 bits per heavy atom. The van der Waals surface area contributed by atoms with Gasteiger partial charge >= 0.3 is 0 Å². The Labute approximate surface area is 135 Å². The molecule has 1 nitrogen and oxygen atoms in total. The molecule has 1 aromatic carbocycles. The topological polar surface area (TPSA) is 20.2 Å². The van der Waals surface area contributed by atoms with Crippen LogP contribution in [0.15, 0.2) is 24.3 Å². The Morgan fingerprint density at radius 3 is 2.43 bits per heavy atom. The Morgan fingerprint density at radius 1 is 1.10 bits per heavy atom. The van der Waals surface area contributed by atoms with Crippen LogP contribution in [0.3, 0.4) is 0 Å². The number of aliphatic hydroxyl groups is 1. The van der Waals surface area contributed by atoms with Crippen molar-refractivity contribution in [2.45, 2.75) is 83.7 Å². The second-order valence-electron chi connectivity index (χ2n) is 6.42. The first-order chi connectivity index (χ1) is 10.0. The summed E-state index contributed by atoms with van der Waals surface area (Å²) in [6, 6.07) is 7.98. The molecule has 0 saturated carbocycles. The average Bonchev–Trinajstić information content (AvgIpc) is 2.44. The van der Waals surface area contributed by atoms with E-state index in [4.69, 9.17) is 11.6 Å². The summed E-state index contributed by atoms with van der Waals surface area (Å²) in [4.78, 5) is 0. The number of halogens is 1. The minimum Gasteiger partial charge on any atom is -0.390 e. The summed E-state index contributed by atoms with van der Waals surface area (Å²) in [6.07, 6.45) is 9.11. The molecule has 0 spiro atoms. The van der Waals surface area contributed by atoms with E-state index >= 15 is 0 Å². The van der Waals surface area contributed by atoms with Crippen molar-refractivity contribution in [2.75, 3.05) is 0 Å². The lowest BCUT2D eigenvalue weighted by atomic mass is 9.77. The molecule has 0 aliphatic rings. The fourth-order valence-corrected chi connectivity index (χ4v) is 3.31. The first-order valence-corrected chi connectivity index (χ1v) is 8.87. The molecule has 1 rings (SSSR count). The van der Waals surface area contributed by atoms with Gasteiger partial charge in [0.25, 0.3) is 0 Å². The van der Waals surface area contributed by atoms with E-state index in [1.54, 1.807) is 0 Å². The van der Waals surface area contributed by atoms with E-state index < -0.39 is 5.60 Å². The summed E-state index contributed by atoms with van der Waals surface area (Å²) in [5, 5.41) is 11.7. The molecule has 2 atom stereocenters. The Hall–Kier alpha value is -0.530. The zero-order valence-corrected chi connectivity index (χ0v) is 14.6. The lowest BCUT2D eigenvalue weighted by Gasteiger charge is -2.33. The molecular weight excluding hydrogens is 280 g/mol. The predicted octanol–water partition coefficient (Wildman–Crippen LogP) is 6.34. The van der Waals surface area contributed by atoms with Crippen molar-refractivity contribution in [3.63, 3.8) is 0 Å². The minimum atomic E-state index is -0.646. The zero-order valence-electron chi connectivity index (χ0n) is 13.9.